The second-order valence-electron chi connectivity index (χ2n) is 7.81. The molecular formula is C23H22N4O4S. The molecule has 0 saturated carbocycles. The van der Waals surface area contributed by atoms with Crippen molar-refractivity contribution in [1.29, 1.82) is 0 Å². The molecule has 8 nitrogen and oxygen atoms in total. The lowest BCUT2D eigenvalue weighted by molar-refractivity contribution is -0.116. The first-order chi connectivity index (χ1) is 15.4. The average molecular weight is 451 g/mol. The van der Waals surface area contributed by atoms with Gasteiger partial charge in [0, 0.05) is 17.9 Å². The number of phenols is 1. The van der Waals surface area contributed by atoms with E-state index in [0.29, 0.717) is 22.4 Å². The topological polar surface area (TPSA) is 98.5 Å². The van der Waals surface area contributed by atoms with Gasteiger partial charge in [0.25, 0.3) is 0 Å². The largest absolute Gasteiger partial charge is 0.502 e. The molecule has 1 amide bonds. The molecule has 0 radical (unpaired) electrons. The van der Waals surface area contributed by atoms with Gasteiger partial charge < -0.3 is 19.9 Å². The van der Waals surface area contributed by atoms with E-state index in [-0.39, 0.29) is 24.0 Å². The zero-order chi connectivity index (χ0) is 22.6. The SMILES string of the molecule is COc1cc([C@@H]2CC(=O)Nc3c2c(C)nn3-c2nc3ccc(C)cc3s2)cc(OC)c1O. The zero-order valence-electron chi connectivity index (χ0n) is 18.1. The molecule has 5 rings (SSSR count). The number of anilines is 1. The lowest BCUT2D eigenvalue weighted by Crippen LogP contribution is -2.25. The molecular weight excluding hydrogens is 428 g/mol. The number of phenolic OH excluding ortho intramolecular Hbond substituents is 1. The molecule has 9 heteroatoms. The van der Waals surface area contributed by atoms with Crippen LogP contribution in [0.5, 0.6) is 17.2 Å². The molecule has 1 atom stereocenters. The third-order valence-electron chi connectivity index (χ3n) is 5.72. The molecule has 0 fully saturated rings. The van der Waals surface area contributed by atoms with Crippen LogP contribution in [-0.4, -0.2) is 40.0 Å². The van der Waals surface area contributed by atoms with Crippen LogP contribution in [0.15, 0.2) is 30.3 Å². The van der Waals surface area contributed by atoms with Crippen LogP contribution in [0.2, 0.25) is 0 Å². The summed E-state index contributed by atoms with van der Waals surface area (Å²) in [7, 11) is 2.96. The van der Waals surface area contributed by atoms with Crippen LogP contribution >= 0.6 is 11.3 Å². The summed E-state index contributed by atoms with van der Waals surface area (Å²) in [6.07, 6.45) is 0.246. The number of ether oxygens (including phenoxy) is 2. The second-order valence-corrected chi connectivity index (χ2v) is 8.82. The van der Waals surface area contributed by atoms with Crippen LogP contribution in [0.4, 0.5) is 5.82 Å². The maximum absolute atomic E-state index is 12.7. The summed E-state index contributed by atoms with van der Waals surface area (Å²) in [5, 5.41) is 18.7. The number of carbonyl (C=O) groups excluding carboxylic acids is 1. The number of aryl methyl sites for hydroxylation is 2. The van der Waals surface area contributed by atoms with Crippen molar-refractivity contribution in [2.45, 2.75) is 26.2 Å². The minimum atomic E-state index is -0.271. The molecule has 0 bridgehead atoms. The van der Waals surface area contributed by atoms with E-state index < -0.39 is 0 Å². The van der Waals surface area contributed by atoms with E-state index in [1.807, 2.05) is 26.0 Å². The van der Waals surface area contributed by atoms with Crippen molar-refractivity contribution in [3.63, 3.8) is 0 Å². The molecule has 3 heterocycles. The quantitative estimate of drug-likeness (QED) is 0.481. The Bertz CT molecular complexity index is 1350. The van der Waals surface area contributed by atoms with Crippen molar-refractivity contribution >= 4 is 33.3 Å². The number of fused-ring (bicyclic) bond motifs is 2. The number of hydrogen-bond donors (Lipinski definition) is 2. The molecule has 2 N–H and O–H groups in total. The highest BCUT2D eigenvalue weighted by Crippen LogP contribution is 2.45. The fourth-order valence-corrected chi connectivity index (χ4v) is 5.22. The summed E-state index contributed by atoms with van der Waals surface area (Å²) >= 11 is 1.53. The number of nitrogens with zero attached hydrogens (tertiary/aromatic N) is 3. The third-order valence-corrected chi connectivity index (χ3v) is 6.71. The highest BCUT2D eigenvalue weighted by molar-refractivity contribution is 7.20. The summed E-state index contributed by atoms with van der Waals surface area (Å²) < 4.78 is 13.4. The maximum atomic E-state index is 12.7. The van der Waals surface area contributed by atoms with Crippen molar-refractivity contribution in [2.75, 3.05) is 19.5 Å². The van der Waals surface area contributed by atoms with Crippen LogP contribution < -0.4 is 14.8 Å². The monoisotopic (exact) mass is 450 g/mol. The van der Waals surface area contributed by atoms with Crippen molar-refractivity contribution in [3.8, 4) is 22.4 Å². The van der Waals surface area contributed by atoms with Crippen molar-refractivity contribution in [3.05, 3.63) is 52.7 Å². The molecule has 0 spiro atoms. The van der Waals surface area contributed by atoms with Crippen LogP contribution in [0.3, 0.4) is 0 Å². The fourth-order valence-electron chi connectivity index (χ4n) is 4.20. The lowest BCUT2D eigenvalue weighted by Gasteiger charge is -2.25. The van der Waals surface area contributed by atoms with Gasteiger partial charge in [0.15, 0.2) is 11.5 Å². The van der Waals surface area contributed by atoms with E-state index in [1.165, 1.54) is 25.6 Å². The van der Waals surface area contributed by atoms with E-state index in [9.17, 15) is 9.90 Å². The van der Waals surface area contributed by atoms with Gasteiger partial charge in [-0.25, -0.2) is 4.98 Å². The van der Waals surface area contributed by atoms with Gasteiger partial charge in [-0.15, -0.1) is 0 Å². The minimum absolute atomic E-state index is 0.0728. The van der Waals surface area contributed by atoms with Crippen LogP contribution in [0.25, 0.3) is 15.3 Å². The number of carbonyl (C=O) groups is 1. The van der Waals surface area contributed by atoms with E-state index in [1.54, 1.807) is 16.8 Å². The Kier molecular flexibility index (Phi) is 4.78. The first kappa shape index (κ1) is 20.3. The number of nitrogens with one attached hydrogen (secondary N) is 1. The maximum Gasteiger partial charge on any atom is 0.226 e. The van der Waals surface area contributed by atoms with E-state index >= 15 is 0 Å². The molecule has 2 aromatic heterocycles. The van der Waals surface area contributed by atoms with E-state index in [0.717, 1.165) is 32.6 Å². The number of rotatable bonds is 4. The van der Waals surface area contributed by atoms with Gasteiger partial charge in [0.1, 0.15) is 5.82 Å². The molecule has 1 aliphatic rings. The molecule has 0 saturated heterocycles. The van der Waals surface area contributed by atoms with Crippen molar-refractivity contribution in [2.24, 2.45) is 0 Å². The fraction of sp³-hybridized carbons (Fsp3) is 0.261. The molecule has 164 valence electrons. The first-order valence-corrected chi connectivity index (χ1v) is 10.9. The molecule has 0 aliphatic carbocycles. The Labute approximate surface area is 188 Å². The molecule has 32 heavy (non-hydrogen) atoms. The standard InChI is InChI=1S/C23H22N4O4S/c1-11-5-6-15-18(7-11)32-23(24-15)27-22-20(12(2)26-27)14(10-19(28)25-22)13-8-16(30-3)21(29)17(9-13)31-4/h5-9,14,29H,10H2,1-4H3,(H,25,28)/t14-/m0/s1. The van der Waals surface area contributed by atoms with Crippen LogP contribution in [0, 0.1) is 13.8 Å². The Morgan fingerprint density at radius 1 is 1.16 bits per heavy atom. The average Bonchev–Trinajstić information content (AvgIpc) is 3.33. The number of thiazole rings is 1. The van der Waals surface area contributed by atoms with Gasteiger partial charge in [-0.3, -0.25) is 4.79 Å². The van der Waals surface area contributed by atoms with Gasteiger partial charge in [-0.2, -0.15) is 9.78 Å². The molecule has 2 aromatic carbocycles. The van der Waals surface area contributed by atoms with Crippen LogP contribution in [0.1, 0.15) is 34.7 Å². The van der Waals surface area contributed by atoms with Gasteiger partial charge in [0.05, 0.1) is 30.1 Å². The second kappa shape index (κ2) is 7.52. The zero-order valence-corrected chi connectivity index (χ0v) is 18.9. The summed E-state index contributed by atoms with van der Waals surface area (Å²) in [6.45, 7) is 3.97. The predicted octanol–water partition coefficient (Wildman–Crippen LogP) is 4.30. The first-order valence-electron chi connectivity index (χ1n) is 10.1. The van der Waals surface area contributed by atoms with Gasteiger partial charge >= 0.3 is 0 Å². The normalized spacial score (nSPS) is 15.5. The van der Waals surface area contributed by atoms with E-state index in [4.69, 9.17) is 19.6 Å². The number of methoxy groups -OCH3 is 2. The highest BCUT2D eigenvalue weighted by atomic mass is 32.1. The Morgan fingerprint density at radius 3 is 2.56 bits per heavy atom. The van der Waals surface area contributed by atoms with Crippen molar-refractivity contribution < 1.29 is 19.4 Å². The smallest absolute Gasteiger partial charge is 0.226 e. The minimum Gasteiger partial charge on any atom is -0.502 e. The third kappa shape index (κ3) is 3.16. The van der Waals surface area contributed by atoms with E-state index in [2.05, 4.69) is 11.4 Å². The molecule has 4 aromatic rings. The van der Waals surface area contributed by atoms with Gasteiger partial charge in [-0.1, -0.05) is 17.4 Å². The summed E-state index contributed by atoms with van der Waals surface area (Å²) in [6, 6.07) is 9.59. The predicted molar refractivity (Wildman–Crippen MR) is 123 cm³/mol. The summed E-state index contributed by atoms with van der Waals surface area (Å²) in [5.74, 6) is 0.734. The molecule has 1 aliphatic heterocycles. The highest BCUT2D eigenvalue weighted by Gasteiger charge is 2.34. The Hall–Kier alpha value is -3.59. The van der Waals surface area contributed by atoms with Crippen LogP contribution in [-0.2, 0) is 4.79 Å². The summed E-state index contributed by atoms with van der Waals surface area (Å²) in [5.41, 5.74) is 4.57. The number of aromatic hydroxyl groups is 1. The van der Waals surface area contributed by atoms with Gasteiger partial charge in [-0.05, 0) is 49.2 Å². The number of amides is 1. The number of hydrogen-bond acceptors (Lipinski definition) is 7. The molecule has 0 unspecified atom stereocenters. The van der Waals surface area contributed by atoms with Crippen molar-refractivity contribution in [1.82, 2.24) is 14.8 Å². The van der Waals surface area contributed by atoms with Gasteiger partial charge in [0.2, 0.25) is 16.8 Å². The Morgan fingerprint density at radius 2 is 1.88 bits per heavy atom. The Balaban J connectivity index is 1.67. The number of benzene rings is 2. The summed E-state index contributed by atoms with van der Waals surface area (Å²) in [4.78, 5) is 17.4. The lowest BCUT2D eigenvalue weighted by atomic mass is 9.85. The number of aromatic nitrogens is 3.